The zero-order chi connectivity index (χ0) is 15.7. The van der Waals surface area contributed by atoms with Crippen molar-refractivity contribution in [2.45, 2.75) is 38.3 Å². The smallest absolute Gasteiger partial charge is 0.226 e. The first-order valence-corrected chi connectivity index (χ1v) is 8.51. The Morgan fingerprint density at radius 1 is 1.48 bits per heavy atom. The molecule has 1 saturated heterocycles. The first-order valence-electron chi connectivity index (χ1n) is 7.52. The highest BCUT2D eigenvalue weighted by molar-refractivity contribution is 8.14. The number of anilines is 1. The molecule has 126 valence electrons. The predicted molar refractivity (Wildman–Crippen MR) is 96.1 cm³/mol. The molecule has 1 atom stereocenters. The van der Waals surface area contributed by atoms with E-state index in [0.717, 1.165) is 16.5 Å². The number of rotatable bonds is 4. The number of aryl methyl sites for hydroxylation is 1. The largest absolute Gasteiger partial charge is 0.350 e. The fraction of sp³-hybridized carbons (Fsp3) is 0.500. The molecule has 2 aliphatic rings. The van der Waals surface area contributed by atoms with Crippen molar-refractivity contribution in [3.05, 3.63) is 29.6 Å². The molecule has 0 radical (unpaired) electrons. The maximum atomic E-state index is 13.8. The minimum Gasteiger partial charge on any atom is -0.350 e. The molecule has 1 aromatic rings. The van der Waals surface area contributed by atoms with Crippen molar-refractivity contribution in [3.63, 3.8) is 0 Å². The second-order valence-electron chi connectivity index (χ2n) is 5.95. The summed E-state index contributed by atoms with van der Waals surface area (Å²) in [5.74, 6) is 0.303. The number of amidine groups is 1. The number of carbonyl (C=O) groups excluding carboxylic acids is 1. The van der Waals surface area contributed by atoms with Crippen molar-refractivity contribution in [1.82, 2.24) is 4.90 Å². The van der Waals surface area contributed by atoms with Crippen LogP contribution >= 0.6 is 24.2 Å². The summed E-state index contributed by atoms with van der Waals surface area (Å²) in [6.45, 7) is 1.82. The van der Waals surface area contributed by atoms with Crippen LogP contribution in [-0.2, 0) is 4.79 Å². The minimum absolute atomic E-state index is 0. The fourth-order valence-corrected chi connectivity index (χ4v) is 3.62. The normalized spacial score (nSPS) is 22.1. The average molecular weight is 358 g/mol. The van der Waals surface area contributed by atoms with Crippen LogP contribution < -0.4 is 5.32 Å². The van der Waals surface area contributed by atoms with E-state index < -0.39 is 5.82 Å². The molecule has 1 unspecified atom stereocenters. The van der Waals surface area contributed by atoms with Gasteiger partial charge in [-0.05, 0) is 37.5 Å². The summed E-state index contributed by atoms with van der Waals surface area (Å²) in [6, 6.07) is 5.43. The molecule has 1 aromatic carbocycles. The molecule has 1 N–H and O–H groups in total. The number of benzene rings is 1. The van der Waals surface area contributed by atoms with Gasteiger partial charge in [0.1, 0.15) is 5.82 Å². The minimum atomic E-state index is -0.390. The van der Waals surface area contributed by atoms with Crippen LogP contribution in [0.25, 0.3) is 0 Å². The van der Waals surface area contributed by atoms with E-state index in [1.54, 1.807) is 23.9 Å². The molecule has 0 aromatic heterocycles. The molecule has 1 heterocycles. The number of nitrogens with one attached hydrogen (secondary N) is 1. The molecule has 2 fully saturated rings. The van der Waals surface area contributed by atoms with Gasteiger partial charge in [0.25, 0.3) is 0 Å². The molecule has 1 amide bonds. The fourth-order valence-electron chi connectivity index (χ4n) is 2.36. The summed E-state index contributed by atoms with van der Waals surface area (Å²) >= 11 is 1.70. The van der Waals surface area contributed by atoms with Crippen molar-refractivity contribution >= 4 is 40.9 Å². The van der Waals surface area contributed by atoms with Gasteiger partial charge in [0, 0.05) is 25.3 Å². The van der Waals surface area contributed by atoms with E-state index >= 15 is 0 Å². The van der Waals surface area contributed by atoms with Gasteiger partial charge in [-0.25, -0.2) is 4.39 Å². The van der Waals surface area contributed by atoms with Crippen LogP contribution in [0.5, 0.6) is 0 Å². The Hall–Kier alpha value is -1.27. The Labute approximate surface area is 146 Å². The van der Waals surface area contributed by atoms with Crippen molar-refractivity contribution in [1.29, 1.82) is 0 Å². The summed E-state index contributed by atoms with van der Waals surface area (Å²) in [5, 5.41) is 3.69. The lowest BCUT2D eigenvalue weighted by Gasteiger charge is -2.20. The number of hydrogen-bond acceptors (Lipinski definition) is 3. The number of aliphatic imine (C=N–C) groups is 1. The highest BCUT2D eigenvalue weighted by Crippen LogP contribution is 2.30. The maximum absolute atomic E-state index is 13.8. The van der Waals surface area contributed by atoms with Gasteiger partial charge >= 0.3 is 0 Å². The molecule has 7 heteroatoms. The topological polar surface area (TPSA) is 44.7 Å². The van der Waals surface area contributed by atoms with E-state index in [-0.39, 0.29) is 30.0 Å². The van der Waals surface area contributed by atoms with E-state index in [9.17, 15) is 9.18 Å². The number of nitrogens with zero attached hydrogens (tertiary/aromatic N) is 2. The summed E-state index contributed by atoms with van der Waals surface area (Å²) in [7, 11) is 1.98. The third-order valence-corrected chi connectivity index (χ3v) is 5.12. The lowest BCUT2D eigenvalue weighted by Crippen LogP contribution is -2.33. The summed E-state index contributed by atoms with van der Waals surface area (Å²) in [6.07, 6.45) is 2.70. The first kappa shape index (κ1) is 18.1. The Bertz CT molecular complexity index is 621. The van der Waals surface area contributed by atoms with Gasteiger partial charge in [-0.3, -0.25) is 9.79 Å². The van der Waals surface area contributed by atoms with Gasteiger partial charge in [0.05, 0.1) is 11.7 Å². The second-order valence-corrected chi connectivity index (χ2v) is 6.94. The van der Waals surface area contributed by atoms with Crippen molar-refractivity contribution in [2.75, 3.05) is 18.1 Å². The first-order chi connectivity index (χ1) is 10.5. The quantitative estimate of drug-likeness (QED) is 0.897. The van der Waals surface area contributed by atoms with Crippen LogP contribution in [0.1, 0.15) is 24.8 Å². The lowest BCUT2D eigenvalue weighted by molar-refractivity contribution is -0.116. The lowest BCUT2D eigenvalue weighted by atomic mass is 10.2. The molecular weight excluding hydrogens is 337 g/mol. The van der Waals surface area contributed by atoms with E-state index in [2.05, 4.69) is 15.2 Å². The molecular formula is C16H21ClFN3OS. The van der Waals surface area contributed by atoms with Crippen molar-refractivity contribution < 1.29 is 9.18 Å². The van der Waals surface area contributed by atoms with Crippen LogP contribution in [0.2, 0.25) is 0 Å². The van der Waals surface area contributed by atoms with Gasteiger partial charge in [-0.2, -0.15) is 0 Å². The van der Waals surface area contributed by atoms with Gasteiger partial charge in [0.2, 0.25) is 5.91 Å². The number of thioether (sulfide) groups is 1. The van der Waals surface area contributed by atoms with Gasteiger partial charge in [-0.15, -0.1) is 12.4 Å². The van der Waals surface area contributed by atoms with E-state index in [4.69, 9.17) is 0 Å². The van der Waals surface area contributed by atoms with E-state index in [1.807, 2.05) is 14.0 Å². The zero-order valence-corrected chi connectivity index (χ0v) is 14.8. The van der Waals surface area contributed by atoms with Crippen molar-refractivity contribution in [2.24, 2.45) is 4.99 Å². The number of halogens is 2. The standard InChI is InChI=1S/C16H20FN3OS.ClH/c1-10-3-6-14(13(17)7-10)19-15(21)8-12-9-22-16(20(12)2)18-11-4-5-11;/h3,6-7,11-12H,4-5,8-9H2,1-2H3,(H,19,21);1H/b18-16-;. The van der Waals surface area contributed by atoms with Crippen LogP contribution in [-0.4, -0.2) is 40.9 Å². The van der Waals surface area contributed by atoms with Crippen LogP contribution in [0, 0.1) is 12.7 Å². The molecule has 1 aliphatic carbocycles. The Morgan fingerprint density at radius 2 is 2.22 bits per heavy atom. The number of amides is 1. The molecule has 1 aliphatic heterocycles. The van der Waals surface area contributed by atoms with Gasteiger partial charge < -0.3 is 10.2 Å². The molecule has 1 saturated carbocycles. The number of carbonyl (C=O) groups is 1. The van der Waals surface area contributed by atoms with Gasteiger partial charge in [0.15, 0.2) is 5.17 Å². The Morgan fingerprint density at radius 3 is 2.87 bits per heavy atom. The molecule has 4 nitrogen and oxygen atoms in total. The Kier molecular flexibility index (Phi) is 5.92. The third kappa shape index (κ3) is 4.61. The summed E-state index contributed by atoms with van der Waals surface area (Å²) in [5.41, 5.74) is 1.08. The highest BCUT2D eigenvalue weighted by atomic mass is 35.5. The zero-order valence-electron chi connectivity index (χ0n) is 13.2. The molecule has 3 rings (SSSR count). The average Bonchev–Trinajstić information content (AvgIpc) is 3.22. The molecule has 0 bridgehead atoms. The van der Waals surface area contributed by atoms with Crippen LogP contribution in [0.15, 0.2) is 23.2 Å². The van der Waals surface area contributed by atoms with Gasteiger partial charge in [-0.1, -0.05) is 17.8 Å². The third-order valence-electron chi connectivity index (χ3n) is 3.91. The molecule has 23 heavy (non-hydrogen) atoms. The second kappa shape index (κ2) is 7.53. The van der Waals surface area contributed by atoms with Crippen LogP contribution in [0.3, 0.4) is 0 Å². The SMILES string of the molecule is Cc1ccc(NC(=O)CC2CS/C(=N\C3CC3)N2C)c(F)c1.Cl. The summed E-state index contributed by atoms with van der Waals surface area (Å²) in [4.78, 5) is 18.9. The van der Waals surface area contributed by atoms with E-state index in [0.29, 0.717) is 12.5 Å². The summed E-state index contributed by atoms with van der Waals surface area (Å²) < 4.78 is 13.8. The Balaban J connectivity index is 0.00000192. The number of hydrogen-bond donors (Lipinski definition) is 1. The van der Waals surface area contributed by atoms with Crippen LogP contribution in [0.4, 0.5) is 10.1 Å². The predicted octanol–water partition coefficient (Wildman–Crippen LogP) is 3.45. The highest BCUT2D eigenvalue weighted by Gasteiger charge is 2.31. The van der Waals surface area contributed by atoms with E-state index in [1.165, 1.54) is 18.9 Å². The molecule has 0 spiro atoms. The maximum Gasteiger partial charge on any atom is 0.226 e. The monoisotopic (exact) mass is 357 g/mol. The van der Waals surface area contributed by atoms with Crippen molar-refractivity contribution in [3.8, 4) is 0 Å².